The molecule has 0 radical (unpaired) electrons. The monoisotopic (exact) mass is 1090 g/mol. The molecule has 0 heterocycles. The van der Waals surface area contributed by atoms with Gasteiger partial charge in [0, 0.05) is 19.3 Å². The summed E-state index contributed by atoms with van der Waals surface area (Å²) in [6.45, 7) is 6.56. The first-order valence-electron chi connectivity index (χ1n) is 33.9. The van der Waals surface area contributed by atoms with Gasteiger partial charge in [-0.15, -0.1) is 0 Å². The van der Waals surface area contributed by atoms with Crippen LogP contribution in [-0.2, 0) is 28.6 Å². The molecule has 0 fully saturated rings. The molecular formula is C72H128O6. The number of carbonyl (C=O) groups excluding carboxylic acids is 3. The van der Waals surface area contributed by atoms with E-state index in [2.05, 4.69) is 93.7 Å². The molecular weight excluding hydrogens is 961 g/mol. The molecule has 0 saturated heterocycles. The van der Waals surface area contributed by atoms with Gasteiger partial charge < -0.3 is 14.2 Å². The summed E-state index contributed by atoms with van der Waals surface area (Å²) in [5.41, 5.74) is 0. The van der Waals surface area contributed by atoms with Crippen molar-refractivity contribution in [2.45, 2.75) is 354 Å². The quantitative estimate of drug-likeness (QED) is 0.0261. The van der Waals surface area contributed by atoms with Crippen LogP contribution in [0.1, 0.15) is 348 Å². The molecule has 0 aromatic carbocycles. The van der Waals surface area contributed by atoms with Crippen molar-refractivity contribution in [2.75, 3.05) is 13.2 Å². The van der Waals surface area contributed by atoms with Crippen LogP contribution >= 0.6 is 0 Å². The lowest BCUT2D eigenvalue weighted by molar-refractivity contribution is -0.167. The molecule has 0 saturated carbocycles. The van der Waals surface area contributed by atoms with E-state index in [1.54, 1.807) is 0 Å². The maximum absolute atomic E-state index is 13.0. The van der Waals surface area contributed by atoms with Crippen molar-refractivity contribution in [2.24, 2.45) is 0 Å². The molecule has 6 nitrogen and oxygen atoms in total. The summed E-state index contributed by atoms with van der Waals surface area (Å²) in [6.07, 6.45) is 86.3. The maximum atomic E-state index is 13.0. The van der Waals surface area contributed by atoms with E-state index in [9.17, 15) is 14.4 Å². The highest BCUT2D eigenvalue weighted by molar-refractivity contribution is 5.71. The van der Waals surface area contributed by atoms with Gasteiger partial charge in [0.1, 0.15) is 13.2 Å². The van der Waals surface area contributed by atoms with E-state index in [0.717, 1.165) is 109 Å². The van der Waals surface area contributed by atoms with Crippen LogP contribution < -0.4 is 0 Å². The lowest BCUT2D eigenvalue weighted by atomic mass is 10.0. The van der Waals surface area contributed by atoms with E-state index in [4.69, 9.17) is 14.2 Å². The van der Waals surface area contributed by atoms with Crippen LogP contribution in [0.3, 0.4) is 0 Å². The van der Waals surface area contributed by atoms with Gasteiger partial charge in [-0.2, -0.15) is 0 Å². The van der Waals surface area contributed by atoms with Gasteiger partial charge in [0.2, 0.25) is 0 Å². The fourth-order valence-corrected chi connectivity index (χ4v) is 9.88. The smallest absolute Gasteiger partial charge is 0.306 e. The molecule has 0 aromatic rings. The van der Waals surface area contributed by atoms with Gasteiger partial charge in [0.15, 0.2) is 6.10 Å². The number of ether oxygens (including phenoxy) is 3. The molecule has 0 aromatic heterocycles. The minimum atomic E-state index is -0.786. The SMILES string of the molecule is CC/C=C\C/C=C\C/C=C\C/C=C\C/C=C\CCCCCCCC(=O)OCC(COC(=O)CCCCCCCCC/C=C\CCCCCCCCC)OC(=O)CCCCCCCCCCCCCCCCCCCCCCC. The molecule has 452 valence electrons. The molecule has 0 N–H and O–H groups in total. The van der Waals surface area contributed by atoms with Gasteiger partial charge in [-0.1, -0.05) is 312 Å². The van der Waals surface area contributed by atoms with Crippen LogP contribution in [-0.4, -0.2) is 37.2 Å². The Hall–Kier alpha value is -3.15. The highest BCUT2D eigenvalue weighted by Crippen LogP contribution is 2.17. The van der Waals surface area contributed by atoms with Crippen molar-refractivity contribution in [1.82, 2.24) is 0 Å². The highest BCUT2D eigenvalue weighted by atomic mass is 16.6. The molecule has 0 bridgehead atoms. The van der Waals surface area contributed by atoms with Gasteiger partial charge in [0.25, 0.3) is 0 Å². The Bertz CT molecular complexity index is 1440. The van der Waals surface area contributed by atoms with Gasteiger partial charge >= 0.3 is 17.9 Å². The van der Waals surface area contributed by atoms with Crippen molar-refractivity contribution in [3.8, 4) is 0 Å². The first kappa shape index (κ1) is 74.8. The second kappa shape index (κ2) is 66.4. The number of rotatable bonds is 62. The van der Waals surface area contributed by atoms with Crippen molar-refractivity contribution in [1.29, 1.82) is 0 Å². The second-order valence-electron chi connectivity index (χ2n) is 22.7. The molecule has 78 heavy (non-hydrogen) atoms. The summed E-state index contributed by atoms with van der Waals surface area (Å²) in [4.78, 5) is 38.4. The molecule has 0 aliphatic rings. The number of unbranched alkanes of at least 4 members (excludes halogenated alkanes) is 39. The zero-order valence-corrected chi connectivity index (χ0v) is 51.9. The molecule has 1 atom stereocenters. The van der Waals surface area contributed by atoms with E-state index in [-0.39, 0.29) is 31.1 Å². The average Bonchev–Trinajstić information content (AvgIpc) is 3.44. The Morgan fingerprint density at radius 3 is 0.795 bits per heavy atom. The summed E-state index contributed by atoms with van der Waals surface area (Å²) >= 11 is 0. The zero-order chi connectivity index (χ0) is 56.4. The minimum absolute atomic E-state index is 0.0808. The number of carbonyl (C=O) groups is 3. The van der Waals surface area contributed by atoms with Crippen LogP contribution in [0.4, 0.5) is 0 Å². The Morgan fingerprint density at radius 2 is 0.500 bits per heavy atom. The Balaban J connectivity index is 4.39. The standard InChI is InChI=1S/C72H128O6/c1-4-7-10-13-16-19-22-25-28-31-34-36-38-41-44-47-50-53-56-59-62-65-71(74)77-68-69(67-76-70(73)64-61-58-55-52-49-46-43-40-33-30-27-24-21-18-15-12-9-6-3)78-72(75)66-63-60-57-54-51-48-45-42-39-37-35-32-29-26-23-20-17-14-11-8-5-2/h7,10,16,19,25,28,30,33-34,36,41,44,69H,4-6,8-9,11-15,17-18,20-24,26-27,29,31-32,35,37-40,42-43,45-68H2,1-3H3/b10-7-,19-16-,28-25-,33-30-,36-34-,44-41-. The summed E-state index contributed by atoms with van der Waals surface area (Å²) in [5.74, 6) is -0.883. The van der Waals surface area contributed by atoms with Crippen LogP contribution in [0.5, 0.6) is 0 Å². The number of allylic oxidation sites excluding steroid dienone is 12. The normalized spacial score (nSPS) is 12.5. The number of hydrogen-bond donors (Lipinski definition) is 0. The van der Waals surface area contributed by atoms with Gasteiger partial charge in [-0.25, -0.2) is 0 Å². The number of esters is 3. The van der Waals surface area contributed by atoms with Crippen LogP contribution in [0.2, 0.25) is 0 Å². The summed E-state index contributed by atoms with van der Waals surface area (Å²) < 4.78 is 17.0. The van der Waals surface area contributed by atoms with Gasteiger partial charge in [-0.05, 0) is 89.9 Å². The zero-order valence-electron chi connectivity index (χ0n) is 51.9. The van der Waals surface area contributed by atoms with Crippen molar-refractivity contribution in [3.05, 3.63) is 72.9 Å². The predicted octanol–water partition coefficient (Wildman–Crippen LogP) is 23.3. The maximum Gasteiger partial charge on any atom is 0.306 e. The van der Waals surface area contributed by atoms with Crippen molar-refractivity contribution in [3.63, 3.8) is 0 Å². The first-order chi connectivity index (χ1) is 38.5. The lowest BCUT2D eigenvalue weighted by Gasteiger charge is -2.18. The summed E-state index contributed by atoms with van der Waals surface area (Å²) in [5, 5.41) is 0. The highest BCUT2D eigenvalue weighted by Gasteiger charge is 2.19. The average molecular weight is 1090 g/mol. The van der Waals surface area contributed by atoms with E-state index >= 15 is 0 Å². The van der Waals surface area contributed by atoms with Gasteiger partial charge in [-0.3, -0.25) is 14.4 Å². The molecule has 1 unspecified atom stereocenters. The van der Waals surface area contributed by atoms with E-state index in [1.165, 1.54) is 199 Å². The molecule has 0 spiro atoms. The Labute approximate surface area is 484 Å². The van der Waals surface area contributed by atoms with E-state index < -0.39 is 6.10 Å². The Morgan fingerprint density at radius 1 is 0.269 bits per heavy atom. The summed E-state index contributed by atoms with van der Waals surface area (Å²) in [7, 11) is 0. The topological polar surface area (TPSA) is 78.9 Å². The first-order valence-corrected chi connectivity index (χ1v) is 33.9. The minimum Gasteiger partial charge on any atom is -0.462 e. The molecule has 6 heteroatoms. The fraction of sp³-hybridized carbons (Fsp3) is 0.792. The number of hydrogen-bond acceptors (Lipinski definition) is 6. The van der Waals surface area contributed by atoms with Crippen molar-refractivity contribution >= 4 is 17.9 Å². The largest absolute Gasteiger partial charge is 0.462 e. The third-order valence-electron chi connectivity index (χ3n) is 14.9. The van der Waals surface area contributed by atoms with Crippen LogP contribution in [0.25, 0.3) is 0 Å². The van der Waals surface area contributed by atoms with Crippen LogP contribution in [0, 0.1) is 0 Å². The third kappa shape index (κ3) is 63.7. The summed E-state index contributed by atoms with van der Waals surface area (Å²) in [6, 6.07) is 0. The third-order valence-corrected chi connectivity index (χ3v) is 14.9. The van der Waals surface area contributed by atoms with E-state index in [0.29, 0.717) is 19.3 Å². The van der Waals surface area contributed by atoms with E-state index in [1.807, 2.05) is 0 Å². The second-order valence-corrected chi connectivity index (χ2v) is 22.7. The molecule has 0 rings (SSSR count). The Kier molecular flexibility index (Phi) is 63.7. The molecule has 0 aliphatic heterocycles. The van der Waals surface area contributed by atoms with Crippen molar-refractivity contribution < 1.29 is 28.6 Å². The lowest BCUT2D eigenvalue weighted by Crippen LogP contribution is -2.30. The van der Waals surface area contributed by atoms with Gasteiger partial charge in [0.05, 0.1) is 0 Å². The fourth-order valence-electron chi connectivity index (χ4n) is 9.88. The molecule has 0 aliphatic carbocycles. The predicted molar refractivity (Wildman–Crippen MR) is 339 cm³/mol. The van der Waals surface area contributed by atoms with Crippen LogP contribution in [0.15, 0.2) is 72.9 Å². The molecule has 0 amide bonds.